The second kappa shape index (κ2) is 5.21. The molecular formula is C13H20N2O. The third-order valence-corrected chi connectivity index (χ3v) is 3.25. The van der Waals surface area contributed by atoms with Crippen LogP contribution in [0.4, 0.5) is 5.69 Å². The minimum absolute atomic E-state index is 0.683. The van der Waals surface area contributed by atoms with Gasteiger partial charge in [-0.25, -0.2) is 0 Å². The number of rotatable bonds is 4. The van der Waals surface area contributed by atoms with E-state index in [2.05, 4.69) is 5.32 Å². The molecular weight excluding hydrogens is 200 g/mol. The Kier molecular flexibility index (Phi) is 3.67. The van der Waals surface area contributed by atoms with E-state index in [9.17, 15) is 0 Å². The van der Waals surface area contributed by atoms with Crippen molar-refractivity contribution in [2.24, 2.45) is 0 Å². The van der Waals surface area contributed by atoms with Gasteiger partial charge in [0.1, 0.15) is 5.75 Å². The number of anilines is 1. The first-order chi connectivity index (χ1) is 7.79. The largest absolute Gasteiger partial charge is 0.496 e. The number of benzene rings is 1. The fourth-order valence-electron chi connectivity index (χ4n) is 2.29. The van der Waals surface area contributed by atoms with Gasteiger partial charge in [-0.1, -0.05) is 18.9 Å². The van der Waals surface area contributed by atoms with Gasteiger partial charge >= 0.3 is 0 Å². The minimum Gasteiger partial charge on any atom is -0.496 e. The van der Waals surface area contributed by atoms with Crippen molar-refractivity contribution in [2.45, 2.75) is 38.3 Å². The van der Waals surface area contributed by atoms with Crippen LogP contribution < -0.4 is 15.8 Å². The molecule has 3 nitrogen and oxygen atoms in total. The van der Waals surface area contributed by atoms with E-state index in [1.807, 2.05) is 18.2 Å². The third-order valence-electron chi connectivity index (χ3n) is 3.25. The maximum Gasteiger partial charge on any atom is 0.125 e. The maximum atomic E-state index is 5.72. The highest BCUT2D eigenvalue weighted by Gasteiger charge is 2.14. The molecule has 0 unspecified atom stereocenters. The Balaban J connectivity index is 1.97. The number of hydrogen-bond donors (Lipinski definition) is 2. The van der Waals surface area contributed by atoms with Crippen molar-refractivity contribution in [1.82, 2.24) is 5.32 Å². The lowest BCUT2D eigenvalue weighted by atomic mass is 10.1. The number of nitrogen functional groups attached to an aromatic ring is 1. The van der Waals surface area contributed by atoms with Crippen LogP contribution >= 0.6 is 0 Å². The van der Waals surface area contributed by atoms with Crippen molar-refractivity contribution in [3.63, 3.8) is 0 Å². The van der Waals surface area contributed by atoms with E-state index in [0.29, 0.717) is 6.04 Å². The number of nitrogens with one attached hydrogen (secondary N) is 1. The molecule has 2 rings (SSSR count). The van der Waals surface area contributed by atoms with Crippen LogP contribution in [0.1, 0.15) is 31.2 Å². The summed E-state index contributed by atoms with van der Waals surface area (Å²) < 4.78 is 5.32. The molecule has 1 aromatic rings. The van der Waals surface area contributed by atoms with Gasteiger partial charge in [-0.2, -0.15) is 0 Å². The summed E-state index contributed by atoms with van der Waals surface area (Å²) in [5.74, 6) is 0.880. The molecule has 1 fully saturated rings. The first-order valence-electron chi connectivity index (χ1n) is 5.95. The first kappa shape index (κ1) is 11.3. The Labute approximate surface area is 97.0 Å². The zero-order chi connectivity index (χ0) is 11.4. The quantitative estimate of drug-likeness (QED) is 0.765. The second-order valence-corrected chi connectivity index (χ2v) is 4.43. The second-order valence-electron chi connectivity index (χ2n) is 4.43. The van der Waals surface area contributed by atoms with E-state index in [1.54, 1.807) is 7.11 Å². The predicted molar refractivity (Wildman–Crippen MR) is 66.5 cm³/mol. The van der Waals surface area contributed by atoms with Crippen LogP contribution in [0.2, 0.25) is 0 Å². The van der Waals surface area contributed by atoms with Crippen LogP contribution in [0.5, 0.6) is 5.75 Å². The lowest BCUT2D eigenvalue weighted by Crippen LogP contribution is -2.25. The van der Waals surface area contributed by atoms with E-state index >= 15 is 0 Å². The maximum absolute atomic E-state index is 5.72. The van der Waals surface area contributed by atoms with Crippen LogP contribution in [-0.2, 0) is 6.54 Å². The highest BCUT2D eigenvalue weighted by Crippen LogP contribution is 2.23. The number of methoxy groups -OCH3 is 1. The molecule has 1 saturated carbocycles. The number of ether oxygens (including phenoxy) is 1. The molecule has 1 aromatic carbocycles. The fraction of sp³-hybridized carbons (Fsp3) is 0.538. The van der Waals surface area contributed by atoms with E-state index in [-0.39, 0.29) is 0 Å². The average molecular weight is 220 g/mol. The normalized spacial score (nSPS) is 16.6. The van der Waals surface area contributed by atoms with Gasteiger partial charge in [0, 0.05) is 29.9 Å². The molecule has 0 heterocycles. The highest BCUT2D eigenvalue weighted by molar-refractivity contribution is 5.48. The van der Waals surface area contributed by atoms with Crippen LogP contribution in [0.3, 0.4) is 0 Å². The Morgan fingerprint density at radius 3 is 2.81 bits per heavy atom. The lowest BCUT2D eigenvalue weighted by molar-refractivity contribution is 0.405. The summed E-state index contributed by atoms with van der Waals surface area (Å²) in [5.41, 5.74) is 7.66. The monoisotopic (exact) mass is 220 g/mol. The minimum atomic E-state index is 0.683. The molecule has 0 spiro atoms. The van der Waals surface area contributed by atoms with Gasteiger partial charge in [0.2, 0.25) is 0 Å². The van der Waals surface area contributed by atoms with Gasteiger partial charge in [-0.05, 0) is 18.9 Å². The topological polar surface area (TPSA) is 47.3 Å². The lowest BCUT2D eigenvalue weighted by Gasteiger charge is -2.14. The molecule has 0 saturated heterocycles. The van der Waals surface area contributed by atoms with Crippen molar-refractivity contribution in [1.29, 1.82) is 0 Å². The predicted octanol–water partition coefficient (Wildman–Crippen LogP) is 2.31. The smallest absolute Gasteiger partial charge is 0.125 e. The Bertz CT molecular complexity index is 346. The van der Waals surface area contributed by atoms with E-state index < -0.39 is 0 Å². The molecule has 1 aliphatic carbocycles. The van der Waals surface area contributed by atoms with Crippen molar-refractivity contribution in [3.8, 4) is 5.75 Å². The van der Waals surface area contributed by atoms with Crippen molar-refractivity contribution < 1.29 is 4.74 Å². The molecule has 0 atom stereocenters. The summed E-state index contributed by atoms with van der Waals surface area (Å²) in [7, 11) is 1.69. The Morgan fingerprint density at radius 2 is 2.12 bits per heavy atom. The van der Waals surface area contributed by atoms with E-state index in [4.69, 9.17) is 10.5 Å². The van der Waals surface area contributed by atoms with Gasteiger partial charge < -0.3 is 15.8 Å². The molecule has 3 N–H and O–H groups in total. The summed E-state index contributed by atoms with van der Waals surface area (Å²) in [5, 5.41) is 3.57. The number of nitrogens with two attached hydrogens (primary N) is 1. The van der Waals surface area contributed by atoms with Gasteiger partial charge in [-0.3, -0.25) is 0 Å². The molecule has 0 amide bonds. The van der Waals surface area contributed by atoms with Crippen molar-refractivity contribution in [3.05, 3.63) is 23.8 Å². The molecule has 3 heteroatoms. The number of hydrogen-bond acceptors (Lipinski definition) is 3. The highest BCUT2D eigenvalue weighted by atomic mass is 16.5. The summed E-state index contributed by atoms with van der Waals surface area (Å²) in [6, 6.07) is 6.53. The summed E-state index contributed by atoms with van der Waals surface area (Å²) in [4.78, 5) is 0. The van der Waals surface area contributed by atoms with Crippen molar-refractivity contribution >= 4 is 5.69 Å². The fourth-order valence-corrected chi connectivity index (χ4v) is 2.29. The molecule has 0 aromatic heterocycles. The van der Waals surface area contributed by atoms with Gasteiger partial charge in [0.25, 0.3) is 0 Å². The molecule has 88 valence electrons. The Morgan fingerprint density at radius 1 is 1.38 bits per heavy atom. The van der Waals surface area contributed by atoms with Gasteiger partial charge in [-0.15, -0.1) is 0 Å². The van der Waals surface area contributed by atoms with Crippen molar-refractivity contribution in [2.75, 3.05) is 12.8 Å². The van der Waals surface area contributed by atoms with Crippen LogP contribution in [0, 0.1) is 0 Å². The summed E-state index contributed by atoms with van der Waals surface area (Å²) in [6.07, 6.45) is 5.32. The average Bonchev–Trinajstić information content (AvgIpc) is 2.80. The van der Waals surface area contributed by atoms with Crippen LogP contribution in [-0.4, -0.2) is 13.2 Å². The van der Waals surface area contributed by atoms with Gasteiger partial charge in [0.15, 0.2) is 0 Å². The summed E-state index contributed by atoms with van der Waals surface area (Å²) in [6.45, 7) is 0.869. The zero-order valence-electron chi connectivity index (χ0n) is 9.83. The third kappa shape index (κ3) is 2.67. The standard InChI is InChI=1S/C13H20N2O/c1-16-13-8-11(14)7-6-10(13)9-15-12-4-2-3-5-12/h6-8,12,15H,2-5,9,14H2,1H3. The molecule has 0 bridgehead atoms. The van der Waals surface area contributed by atoms with Crippen LogP contribution in [0.25, 0.3) is 0 Å². The van der Waals surface area contributed by atoms with Gasteiger partial charge in [0.05, 0.1) is 7.11 Å². The molecule has 0 radical (unpaired) electrons. The molecule has 0 aliphatic heterocycles. The molecule has 1 aliphatic rings. The summed E-state index contributed by atoms with van der Waals surface area (Å²) >= 11 is 0. The first-order valence-corrected chi connectivity index (χ1v) is 5.95. The SMILES string of the molecule is COc1cc(N)ccc1CNC1CCCC1. The Hall–Kier alpha value is -1.22. The van der Waals surface area contributed by atoms with E-state index in [1.165, 1.54) is 31.2 Å². The zero-order valence-corrected chi connectivity index (χ0v) is 9.83. The van der Waals surface area contributed by atoms with E-state index in [0.717, 1.165) is 18.0 Å². The van der Waals surface area contributed by atoms with Crippen LogP contribution in [0.15, 0.2) is 18.2 Å². The molecule has 16 heavy (non-hydrogen) atoms.